The van der Waals surface area contributed by atoms with Gasteiger partial charge in [0.1, 0.15) is 5.82 Å². The fraction of sp³-hybridized carbons (Fsp3) is 0.429. The van der Waals surface area contributed by atoms with Gasteiger partial charge in [-0.1, -0.05) is 12.1 Å². The molecule has 3 rings (SSSR count). The predicted octanol–water partition coefficient (Wildman–Crippen LogP) is 2.85. The number of rotatable bonds is 2. The average Bonchev–Trinajstić information content (AvgIpc) is 2.97. The molecule has 1 aliphatic heterocycles. The van der Waals surface area contributed by atoms with Gasteiger partial charge in [0, 0.05) is 5.56 Å². The van der Waals surface area contributed by atoms with Gasteiger partial charge >= 0.3 is 0 Å². The molecule has 1 aromatic carbocycles. The first-order valence-corrected chi connectivity index (χ1v) is 6.48. The van der Waals surface area contributed by atoms with Crippen LogP contribution >= 0.6 is 0 Å². The molecule has 100 valence electrons. The van der Waals surface area contributed by atoms with Crippen LogP contribution in [-0.4, -0.2) is 16.7 Å². The van der Waals surface area contributed by atoms with Crippen molar-refractivity contribution in [3.8, 4) is 11.4 Å². The lowest BCUT2D eigenvalue weighted by Gasteiger charge is -2.09. The second-order valence-electron chi connectivity index (χ2n) is 5.11. The summed E-state index contributed by atoms with van der Waals surface area (Å²) in [6, 6.07) is 4.70. The van der Waals surface area contributed by atoms with E-state index < -0.39 is 0 Å². The lowest BCUT2D eigenvalue weighted by atomic mass is 10.0. The van der Waals surface area contributed by atoms with Gasteiger partial charge in [-0.2, -0.15) is 4.98 Å². The highest BCUT2D eigenvalue weighted by molar-refractivity contribution is 5.59. The van der Waals surface area contributed by atoms with Crippen LogP contribution in [0, 0.1) is 18.7 Å². The van der Waals surface area contributed by atoms with E-state index in [9.17, 15) is 4.39 Å². The Kier molecular flexibility index (Phi) is 3.06. The summed E-state index contributed by atoms with van der Waals surface area (Å²) in [6.07, 6.45) is 1.11. The minimum absolute atomic E-state index is 0.127. The highest BCUT2D eigenvalue weighted by Gasteiger charge is 2.29. The Morgan fingerprint density at radius 2 is 2.26 bits per heavy atom. The number of nitrogens with one attached hydrogen (secondary N) is 1. The molecule has 0 aliphatic carbocycles. The molecule has 5 heteroatoms. The van der Waals surface area contributed by atoms with Crippen LogP contribution in [0.15, 0.2) is 22.7 Å². The van der Waals surface area contributed by atoms with E-state index in [1.165, 1.54) is 12.1 Å². The smallest absolute Gasteiger partial charge is 0.244 e. The van der Waals surface area contributed by atoms with Crippen molar-refractivity contribution in [1.82, 2.24) is 15.5 Å². The highest BCUT2D eigenvalue weighted by atomic mass is 19.1. The molecule has 1 N–H and O–H groups in total. The third-order valence-corrected chi connectivity index (χ3v) is 3.67. The Balaban J connectivity index is 1.92. The van der Waals surface area contributed by atoms with Crippen LogP contribution in [0.5, 0.6) is 0 Å². The summed E-state index contributed by atoms with van der Waals surface area (Å²) >= 11 is 0. The summed E-state index contributed by atoms with van der Waals surface area (Å²) in [7, 11) is 0. The number of aromatic nitrogens is 2. The molecule has 2 atom stereocenters. The van der Waals surface area contributed by atoms with Gasteiger partial charge < -0.3 is 9.84 Å². The van der Waals surface area contributed by atoms with Gasteiger partial charge in [-0.15, -0.1) is 0 Å². The monoisotopic (exact) mass is 261 g/mol. The van der Waals surface area contributed by atoms with Crippen molar-refractivity contribution in [3.63, 3.8) is 0 Å². The third kappa shape index (κ3) is 2.26. The predicted molar refractivity (Wildman–Crippen MR) is 69.0 cm³/mol. The van der Waals surface area contributed by atoms with E-state index in [1.807, 2.05) is 6.92 Å². The molecule has 4 nitrogen and oxygen atoms in total. The fourth-order valence-corrected chi connectivity index (χ4v) is 2.51. The molecule has 19 heavy (non-hydrogen) atoms. The molecule has 2 unspecified atom stereocenters. The molecule has 1 aromatic heterocycles. The molecule has 0 amide bonds. The van der Waals surface area contributed by atoms with Gasteiger partial charge in [0.05, 0.1) is 6.04 Å². The van der Waals surface area contributed by atoms with Crippen LogP contribution in [0.4, 0.5) is 4.39 Å². The van der Waals surface area contributed by atoms with E-state index in [2.05, 4.69) is 22.4 Å². The van der Waals surface area contributed by atoms with Crippen LogP contribution in [0.3, 0.4) is 0 Å². The Morgan fingerprint density at radius 1 is 1.42 bits per heavy atom. The molecular weight excluding hydrogens is 245 g/mol. The second kappa shape index (κ2) is 4.74. The SMILES string of the molecule is Cc1cc(F)ccc1-c1noc(C2NCCC2C)n1. The molecule has 0 radical (unpaired) electrons. The molecule has 0 spiro atoms. The maximum atomic E-state index is 13.1. The fourth-order valence-electron chi connectivity index (χ4n) is 2.51. The normalized spacial score (nSPS) is 22.9. The molecule has 1 fully saturated rings. The highest BCUT2D eigenvalue weighted by Crippen LogP contribution is 2.29. The number of benzene rings is 1. The van der Waals surface area contributed by atoms with Crippen molar-refractivity contribution in [2.24, 2.45) is 5.92 Å². The first kappa shape index (κ1) is 12.3. The van der Waals surface area contributed by atoms with E-state index in [0.29, 0.717) is 17.6 Å². The van der Waals surface area contributed by atoms with Gasteiger partial charge in [-0.05, 0) is 49.6 Å². The molecule has 1 aliphatic rings. The van der Waals surface area contributed by atoms with Crippen molar-refractivity contribution in [3.05, 3.63) is 35.5 Å². The van der Waals surface area contributed by atoms with E-state index in [0.717, 1.165) is 24.1 Å². The lowest BCUT2D eigenvalue weighted by molar-refractivity contribution is 0.319. The maximum Gasteiger partial charge on any atom is 0.244 e. The minimum Gasteiger partial charge on any atom is -0.337 e. The Hall–Kier alpha value is -1.75. The number of halogens is 1. The molecule has 0 bridgehead atoms. The Labute approximate surface area is 111 Å². The van der Waals surface area contributed by atoms with Crippen LogP contribution in [0.2, 0.25) is 0 Å². The van der Waals surface area contributed by atoms with Gasteiger partial charge in [-0.3, -0.25) is 0 Å². The van der Waals surface area contributed by atoms with Crippen molar-refractivity contribution < 1.29 is 8.91 Å². The van der Waals surface area contributed by atoms with E-state index in [1.54, 1.807) is 6.07 Å². The largest absolute Gasteiger partial charge is 0.337 e. The van der Waals surface area contributed by atoms with E-state index in [4.69, 9.17) is 4.52 Å². The van der Waals surface area contributed by atoms with Gasteiger partial charge in [0.2, 0.25) is 11.7 Å². The summed E-state index contributed by atoms with van der Waals surface area (Å²) < 4.78 is 18.4. The summed E-state index contributed by atoms with van der Waals surface area (Å²) in [4.78, 5) is 4.44. The van der Waals surface area contributed by atoms with Gasteiger partial charge in [0.25, 0.3) is 0 Å². The summed E-state index contributed by atoms with van der Waals surface area (Å²) in [5.74, 6) is 1.37. The van der Waals surface area contributed by atoms with E-state index >= 15 is 0 Å². The van der Waals surface area contributed by atoms with Gasteiger partial charge in [0.15, 0.2) is 0 Å². The number of hydrogen-bond acceptors (Lipinski definition) is 4. The van der Waals surface area contributed by atoms with Crippen LogP contribution < -0.4 is 5.32 Å². The first-order chi connectivity index (χ1) is 9.15. The molecular formula is C14H16FN3O. The van der Waals surface area contributed by atoms with Crippen molar-refractivity contribution in [1.29, 1.82) is 0 Å². The van der Waals surface area contributed by atoms with Crippen LogP contribution in [0.1, 0.15) is 30.8 Å². The summed E-state index contributed by atoms with van der Waals surface area (Å²) in [5, 5.41) is 7.36. The first-order valence-electron chi connectivity index (χ1n) is 6.48. The van der Waals surface area contributed by atoms with Crippen LogP contribution in [0.25, 0.3) is 11.4 Å². The zero-order valence-electron chi connectivity index (χ0n) is 11.0. The summed E-state index contributed by atoms with van der Waals surface area (Å²) in [6.45, 7) is 4.97. The number of nitrogens with zero attached hydrogens (tertiary/aromatic N) is 2. The van der Waals surface area contributed by atoms with Crippen molar-refractivity contribution >= 4 is 0 Å². The van der Waals surface area contributed by atoms with E-state index in [-0.39, 0.29) is 11.9 Å². The molecule has 0 saturated carbocycles. The zero-order valence-corrected chi connectivity index (χ0v) is 11.0. The molecule has 1 saturated heterocycles. The topological polar surface area (TPSA) is 51.0 Å². The Morgan fingerprint density at radius 3 is 2.95 bits per heavy atom. The second-order valence-corrected chi connectivity index (χ2v) is 5.11. The lowest BCUT2D eigenvalue weighted by Crippen LogP contribution is -2.16. The zero-order chi connectivity index (χ0) is 13.4. The minimum atomic E-state index is -0.254. The quantitative estimate of drug-likeness (QED) is 0.903. The number of aryl methyl sites for hydroxylation is 1. The molecule has 2 heterocycles. The third-order valence-electron chi connectivity index (χ3n) is 3.67. The maximum absolute atomic E-state index is 13.1. The number of hydrogen-bond donors (Lipinski definition) is 1. The summed E-state index contributed by atoms with van der Waals surface area (Å²) in [5.41, 5.74) is 1.61. The average molecular weight is 261 g/mol. The standard InChI is InChI=1S/C14H16FN3O/c1-8-5-6-16-12(8)14-17-13(18-19-14)11-4-3-10(15)7-9(11)2/h3-4,7-8,12,16H,5-6H2,1-2H3. The van der Waals surface area contributed by atoms with Gasteiger partial charge in [-0.25, -0.2) is 4.39 Å². The Bertz CT molecular complexity index is 596. The molecule has 2 aromatic rings. The van der Waals surface area contributed by atoms with Crippen molar-refractivity contribution in [2.45, 2.75) is 26.3 Å². The van der Waals surface area contributed by atoms with Crippen molar-refractivity contribution in [2.75, 3.05) is 6.54 Å². The van der Waals surface area contributed by atoms with Crippen LogP contribution in [-0.2, 0) is 0 Å².